The Morgan fingerprint density at radius 3 is 2.40 bits per heavy atom. The molecule has 0 aromatic heterocycles. The fraction of sp³-hybridized carbons (Fsp3) is 0.467. The fourth-order valence-electron chi connectivity index (χ4n) is 2.60. The summed E-state index contributed by atoms with van der Waals surface area (Å²) < 4.78 is 0. The summed E-state index contributed by atoms with van der Waals surface area (Å²) in [7, 11) is 0. The van der Waals surface area contributed by atoms with Crippen molar-refractivity contribution < 1.29 is 19.8 Å². The lowest BCUT2D eigenvalue weighted by Crippen LogP contribution is -2.56. The number of phenolic OH excluding ortho intramolecular Hbond substituents is 1. The van der Waals surface area contributed by atoms with Gasteiger partial charge in [-0.05, 0) is 43.7 Å². The summed E-state index contributed by atoms with van der Waals surface area (Å²) in [5.41, 5.74) is -1.11. The standard InChI is InChI=1S/C15H19NO4/c1-10-6-8-15(9-7-10,14(19)20)16-13(18)11-4-2-3-5-12(11)17/h2-5,10,17H,6-9H2,1H3,(H,16,18)(H,19,20). The SMILES string of the molecule is CC1CCC(NC(=O)c2ccccc2O)(C(=O)O)CC1. The maximum absolute atomic E-state index is 12.2. The van der Waals surface area contributed by atoms with Crippen LogP contribution in [0, 0.1) is 5.92 Å². The van der Waals surface area contributed by atoms with E-state index in [1.807, 2.05) is 0 Å². The van der Waals surface area contributed by atoms with Crippen molar-refractivity contribution in [3.63, 3.8) is 0 Å². The van der Waals surface area contributed by atoms with Crippen molar-refractivity contribution in [2.45, 2.75) is 38.1 Å². The molecule has 5 nitrogen and oxygen atoms in total. The molecule has 0 saturated heterocycles. The average Bonchev–Trinajstić information content (AvgIpc) is 2.41. The molecule has 1 amide bonds. The van der Waals surface area contributed by atoms with Crippen LogP contribution in [0.3, 0.4) is 0 Å². The summed E-state index contributed by atoms with van der Waals surface area (Å²) in [4.78, 5) is 23.7. The number of amides is 1. The fourth-order valence-corrected chi connectivity index (χ4v) is 2.60. The first-order valence-electron chi connectivity index (χ1n) is 6.78. The van der Waals surface area contributed by atoms with Crippen LogP contribution in [-0.2, 0) is 4.79 Å². The highest BCUT2D eigenvalue weighted by Gasteiger charge is 2.42. The molecule has 2 rings (SSSR count). The lowest BCUT2D eigenvalue weighted by molar-refractivity contribution is -0.146. The van der Waals surface area contributed by atoms with Crippen molar-refractivity contribution >= 4 is 11.9 Å². The maximum Gasteiger partial charge on any atom is 0.329 e. The van der Waals surface area contributed by atoms with Crippen molar-refractivity contribution in [2.24, 2.45) is 5.92 Å². The Kier molecular flexibility index (Phi) is 3.97. The van der Waals surface area contributed by atoms with E-state index in [0.29, 0.717) is 18.8 Å². The van der Waals surface area contributed by atoms with Gasteiger partial charge in [0.05, 0.1) is 5.56 Å². The Bertz CT molecular complexity index is 518. The summed E-state index contributed by atoms with van der Waals surface area (Å²) in [6.45, 7) is 2.08. The van der Waals surface area contributed by atoms with Gasteiger partial charge >= 0.3 is 5.97 Å². The average molecular weight is 277 g/mol. The second kappa shape index (κ2) is 5.53. The van der Waals surface area contributed by atoms with Gasteiger partial charge < -0.3 is 15.5 Å². The summed E-state index contributed by atoms with van der Waals surface area (Å²) in [5, 5.41) is 21.7. The van der Waals surface area contributed by atoms with Crippen molar-refractivity contribution in [3.8, 4) is 5.75 Å². The molecule has 1 aliphatic carbocycles. The number of carbonyl (C=O) groups is 2. The number of carboxylic acid groups (broad SMARTS) is 1. The largest absolute Gasteiger partial charge is 0.507 e. The van der Waals surface area contributed by atoms with Crippen LogP contribution in [0.25, 0.3) is 0 Å². The number of hydrogen-bond acceptors (Lipinski definition) is 3. The zero-order valence-electron chi connectivity index (χ0n) is 11.4. The number of carbonyl (C=O) groups excluding carboxylic acids is 1. The number of carboxylic acids is 1. The Morgan fingerprint density at radius 2 is 1.85 bits per heavy atom. The second-order valence-corrected chi connectivity index (χ2v) is 5.54. The molecule has 3 N–H and O–H groups in total. The van der Waals surface area contributed by atoms with Crippen molar-refractivity contribution in [2.75, 3.05) is 0 Å². The molecule has 0 aliphatic heterocycles. The minimum absolute atomic E-state index is 0.103. The van der Waals surface area contributed by atoms with Crippen LogP contribution in [0.1, 0.15) is 43.0 Å². The van der Waals surface area contributed by atoms with Crippen molar-refractivity contribution in [3.05, 3.63) is 29.8 Å². The van der Waals surface area contributed by atoms with E-state index in [2.05, 4.69) is 12.2 Å². The quantitative estimate of drug-likeness (QED) is 0.790. The maximum atomic E-state index is 12.2. The van der Waals surface area contributed by atoms with Gasteiger partial charge in [0.2, 0.25) is 0 Å². The van der Waals surface area contributed by atoms with Crippen LogP contribution in [0.5, 0.6) is 5.75 Å². The van der Waals surface area contributed by atoms with E-state index in [1.54, 1.807) is 12.1 Å². The van der Waals surface area contributed by atoms with Crippen LogP contribution in [0.2, 0.25) is 0 Å². The lowest BCUT2D eigenvalue weighted by atomic mass is 9.77. The van der Waals surface area contributed by atoms with Crippen LogP contribution < -0.4 is 5.32 Å². The van der Waals surface area contributed by atoms with Gasteiger partial charge in [0.15, 0.2) is 0 Å². The molecule has 5 heteroatoms. The van der Waals surface area contributed by atoms with E-state index < -0.39 is 17.4 Å². The third kappa shape index (κ3) is 2.76. The predicted molar refractivity (Wildman–Crippen MR) is 73.6 cm³/mol. The third-order valence-corrected chi connectivity index (χ3v) is 4.04. The first-order chi connectivity index (χ1) is 9.44. The molecule has 0 spiro atoms. The first-order valence-corrected chi connectivity index (χ1v) is 6.78. The zero-order chi connectivity index (χ0) is 14.8. The summed E-state index contributed by atoms with van der Waals surface area (Å²) in [5.74, 6) is -1.22. The number of phenols is 1. The van der Waals surface area contributed by atoms with Gasteiger partial charge in [0.1, 0.15) is 11.3 Å². The summed E-state index contributed by atoms with van der Waals surface area (Å²) >= 11 is 0. The van der Waals surface area contributed by atoms with Crippen LogP contribution >= 0.6 is 0 Å². The van der Waals surface area contributed by atoms with Gasteiger partial charge in [-0.1, -0.05) is 19.1 Å². The zero-order valence-corrected chi connectivity index (χ0v) is 11.4. The number of para-hydroxylation sites is 1. The Labute approximate surface area is 117 Å². The van der Waals surface area contributed by atoms with E-state index in [-0.39, 0.29) is 11.3 Å². The number of benzene rings is 1. The summed E-state index contributed by atoms with van der Waals surface area (Å²) in [6, 6.07) is 6.13. The summed E-state index contributed by atoms with van der Waals surface area (Å²) in [6.07, 6.45) is 2.38. The second-order valence-electron chi connectivity index (χ2n) is 5.54. The number of hydrogen-bond donors (Lipinski definition) is 3. The molecular formula is C15H19NO4. The minimum atomic E-state index is -1.22. The molecule has 1 aromatic rings. The van der Waals surface area contributed by atoms with Crippen LogP contribution in [0.4, 0.5) is 0 Å². The van der Waals surface area contributed by atoms with Crippen LogP contribution in [0.15, 0.2) is 24.3 Å². The Hall–Kier alpha value is -2.04. The third-order valence-electron chi connectivity index (χ3n) is 4.04. The molecular weight excluding hydrogens is 258 g/mol. The molecule has 1 aliphatic rings. The van der Waals surface area contributed by atoms with E-state index in [0.717, 1.165) is 12.8 Å². The Balaban J connectivity index is 2.19. The van der Waals surface area contributed by atoms with Crippen LogP contribution in [-0.4, -0.2) is 27.6 Å². The predicted octanol–water partition coefficient (Wildman–Crippen LogP) is 2.16. The van der Waals surface area contributed by atoms with Gasteiger partial charge in [-0.2, -0.15) is 0 Å². The van der Waals surface area contributed by atoms with E-state index in [1.165, 1.54) is 12.1 Å². The van der Waals surface area contributed by atoms with E-state index >= 15 is 0 Å². The van der Waals surface area contributed by atoms with Gasteiger partial charge in [-0.25, -0.2) is 4.79 Å². The highest BCUT2D eigenvalue weighted by Crippen LogP contribution is 2.32. The Morgan fingerprint density at radius 1 is 1.25 bits per heavy atom. The molecule has 20 heavy (non-hydrogen) atoms. The van der Waals surface area contributed by atoms with Gasteiger partial charge in [0.25, 0.3) is 5.91 Å². The van der Waals surface area contributed by atoms with Crippen molar-refractivity contribution in [1.82, 2.24) is 5.32 Å². The molecule has 108 valence electrons. The number of aromatic hydroxyl groups is 1. The molecule has 0 atom stereocenters. The smallest absolute Gasteiger partial charge is 0.329 e. The first kappa shape index (κ1) is 14.4. The molecule has 1 saturated carbocycles. The van der Waals surface area contributed by atoms with Crippen molar-refractivity contribution in [1.29, 1.82) is 0 Å². The van der Waals surface area contributed by atoms with E-state index in [9.17, 15) is 19.8 Å². The van der Waals surface area contributed by atoms with Gasteiger partial charge in [0, 0.05) is 0 Å². The van der Waals surface area contributed by atoms with Gasteiger partial charge in [-0.15, -0.1) is 0 Å². The number of nitrogens with one attached hydrogen (secondary N) is 1. The highest BCUT2D eigenvalue weighted by atomic mass is 16.4. The van der Waals surface area contributed by atoms with Gasteiger partial charge in [-0.3, -0.25) is 4.79 Å². The molecule has 0 radical (unpaired) electrons. The molecule has 0 unspecified atom stereocenters. The number of rotatable bonds is 3. The molecule has 1 fully saturated rings. The van der Waals surface area contributed by atoms with E-state index in [4.69, 9.17) is 0 Å². The molecule has 1 aromatic carbocycles. The monoisotopic (exact) mass is 277 g/mol. The normalized spacial score (nSPS) is 25.9. The number of aliphatic carboxylic acids is 1. The molecule has 0 bridgehead atoms. The lowest BCUT2D eigenvalue weighted by Gasteiger charge is -2.36. The topological polar surface area (TPSA) is 86.6 Å². The minimum Gasteiger partial charge on any atom is -0.507 e. The highest BCUT2D eigenvalue weighted by molar-refractivity contribution is 5.99. The molecule has 0 heterocycles.